The lowest BCUT2D eigenvalue weighted by atomic mass is 10.2. The number of aliphatic carboxylic acids is 1. The summed E-state index contributed by atoms with van der Waals surface area (Å²) >= 11 is 0. The molecule has 0 aliphatic carbocycles. The number of unbranched alkanes of at least 4 members (excludes halogenated alkanes) is 2. The number of carboxylic acid groups (broad SMARTS) is 1. The highest BCUT2D eigenvalue weighted by Crippen LogP contribution is 2.08. The fourth-order valence-corrected chi connectivity index (χ4v) is 1.57. The zero-order chi connectivity index (χ0) is 14.1. The van der Waals surface area contributed by atoms with Crippen LogP contribution in [0.1, 0.15) is 36.0 Å². The van der Waals surface area contributed by atoms with Crippen molar-refractivity contribution in [1.82, 2.24) is 4.98 Å². The van der Waals surface area contributed by atoms with Crippen molar-refractivity contribution >= 4 is 17.8 Å². The van der Waals surface area contributed by atoms with Gasteiger partial charge in [-0.3, -0.25) is 4.79 Å². The molecule has 0 fully saturated rings. The third-order valence-electron chi connectivity index (χ3n) is 2.55. The number of anilines is 1. The minimum absolute atomic E-state index is 0.204. The summed E-state index contributed by atoms with van der Waals surface area (Å²) in [5.41, 5.74) is 0.450. The van der Waals surface area contributed by atoms with E-state index in [4.69, 9.17) is 5.11 Å². The third kappa shape index (κ3) is 5.85. The van der Waals surface area contributed by atoms with Crippen molar-refractivity contribution in [2.24, 2.45) is 0 Å². The van der Waals surface area contributed by atoms with E-state index in [0.717, 1.165) is 12.8 Å². The molecule has 0 radical (unpaired) electrons. The second-order valence-corrected chi connectivity index (χ2v) is 4.05. The molecule has 0 aliphatic heterocycles. The molecule has 0 aromatic carbocycles. The number of nitrogens with one attached hydrogen (secondary N) is 1. The minimum Gasteiger partial charge on any atom is -0.481 e. The van der Waals surface area contributed by atoms with Crippen molar-refractivity contribution in [3.05, 3.63) is 23.9 Å². The number of esters is 1. The summed E-state index contributed by atoms with van der Waals surface area (Å²) in [6.07, 6.45) is 4.12. The van der Waals surface area contributed by atoms with Crippen LogP contribution in [0.5, 0.6) is 0 Å². The standard InChI is InChI=1S/C13H18N2O4/c1-19-13(18)10-6-8-15-11(9-10)14-7-4-2-3-5-12(16)17/h6,8-9H,2-5,7H2,1H3,(H,14,15)(H,16,17). The molecule has 2 N–H and O–H groups in total. The summed E-state index contributed by atoms with van der Waals surface area (Å²) in [6, 6.07) is 3.22. The Bertz CT molecular complexity index is 434. The van der Waals surface area contributed by atoms with Gasteiger partial charge in [-0.15, -0.1) is 0 Å². The number of carbonyl (C=O) groups excluding carboxylic acids is 1. The molecule has 0 saturated heterocycles. The molecule has 6 heteroatoms. The highest BCUT2D eigenvalue weighted by molar-refractivity contribution is 5.89. The second-order valence-electron chi connectivity index (χ2n) is 4.05. The molecule has 0 bridgehead atoms. The number of rotatable bonds is 8. The van der Waals surface area contributed by atoms with E-state index in [0.29, 0.717) is 24.3 Å². The van der Waals surface area contributed by atoms with E-state index in [-0.39, 0.29) is 6.42 Å². The second kappa shape index (κ2) is 8.07. The summed E-state index contributed by atoms with van der Waals surface area (Å²) in [5, 5.41) is 11.6. The zero-order valence-corrected chi connectivity index (χ0v) is 10.9. The highest BCUT2D eigenvalue weighted by Gasteiger charge is 2.05. The molecule has 0 amide bonds. The predicted molar refractivity (Wildman–Crippen MR) is 70.2 cm³/mol. The Balaban J connectivity index is 2.29. The molecule has 104 valence electrons. The van der Waals surface area contributed by atoms with Crippen LogP contribution in [-0.2, 0) is 9.53 Å². The first-order valence-electron chi connectivity index (χ1n) is 6.13. The fourth-order valence-electron chi connectivity index (χ4n) is 1.57. The van der Waals surface area contributed by atoms with Gasteiger partial charge in [0, 0.05) is 19.2 Å². The summed E-state index contributed by atoms with van der Waals surface area (Å²) in [6.45, 7) is 0.692. The lowest BCUT2D eigenvalue weighted by Crippen LogP contribution is -2.06. The van der Waals surface area contributed by atoms with Crippen molar-refractivity contribution < 1.29 is 19.4 Å². The first kappa shape index (κ1) is 14.9. The van der Waals surface area contributed by atoms with Crippen molar-refractivity contribution in [3.63, 3.8) is 0 Å². The largest absolute Gasteiger partial charge is 0.481 e. The third-order valence-corrected chi connectivity index (χ3v) is 2.55. The van der Waals surface area contributed by atoms with Gasteiger partial charge in [0.05, 0.1) is 12.7 Å². The molecule has 0 saturated carbocycles. The van der Waals surface area contributed by atoms with Crippen LogP contribution in [0.3, 0.4) is 0 Å². The summed E-state index contributed by atoms with van der Waals surface area (Å²) in [7, 11) is 1.33. The van der Waals surface area contributed by atoms with Crippen LogP contribution in [0.2, 0.25) is 0 Å². The smallest absolute Gasteiger partial charge is 0.338 e. The van der Waals surface area contributed by atoms with Crippen molar-refractivity contribution in [3.8, 4) is 0 Å². The molecule has 0 aliphatic rings. The van der Waals surface area contributed by atoms with Gasteiger partial charge in [-0.05, 0) is 25.0 Å². The average molecular weight is 266 g/mol. The lowest BCUT2D eigenvalue weighted by molar-refractivity contribution is -0.137. The van der Waals surface area contributed by atoms with E-state index >= 15 is 0 Å². The minimum atomic E-state index is -0.764. The Morgan fingerprint density at radius 3 is 2.84 bits per heavy atom. The average Bonchev–Trinajstić information content (AvgIpc) is 2.41. The van der Waals surface area contributed by atoms with Gasteiger partial charge in [-0.25, -0.2) is 9.78 Å². The molecule has 0 atom stereocenters. The molecule has 0 spiro atoms. The maximum Gasteiger partial charge on any atom is 0.338 e. The van der Waals surface area contributed by atoms with Crippen LogP contribution >= 0.6 is 0 Å². The van der Waals surface area contributed by atoms with Crippen molar-refractivity contribution in [2.75, 3.05) is 19.0 Å². The Hall–Kier alpha value is -2.11. The van der Waals surface area contributed by atoms with Gasteiger partial charge in [0.2, 0.25) is 0 Å². The Morgan fingerprint density at radius 2 is 2.16 bits per heavy atom. The molecule has 0 unspecified atom stereocenters. The number of hydrogen-bond donors (Lipinski definition) is 2. The summed E-state index contributed by atoms with van der Waals surface area (Å²) in [4.78, 5) is 25.7. The van der Waals surface area contributed by atoms with Crippen LogP contribution in [0, 0.1) is 0 Å². The molecular weight excluding hydrogens is 248 g/mol. The first-order valence-corrected chi connectivity index (χ1v) is 6.13. The molecule has 1 aromatic heterocycles. The van der Waals surface area contributed by atoms with Crippen LogP contribution in [0.4, 0.5) is 5.82 Å². The number of nitrogens with zero attached hydrogens (tertiary/aromatic N) is 1. The number of ether oxygens (including phenoxy) is 1. The quantitative estimate of drug-likeness (QED) is 0.552. The van der Waals surface area contributed by atoms with Gasteiger partial charge in [0.25, 0.3) is 0 Å². The SMILES string of the molecule is COC(=O)c1ccnc(NCCCCCC(=O)O)c1. The normalized spacial score (nSPS) is 9.95. The van der Waals surface area contributed by atoms with Gasteiger partial charge in [0.1, 0.15) is 5.82 Å². The topological polar surface area (TPSA) is 88.5 Å². The van der Waals surface area contributed by atoms with E-state index in [1.54, 1.807) is 18.3 Å². The van der Waals surface area contributed by atoms with Gasteiger partial charge in [-0.2, -0.15) is 0 Å². The molecule has 19 heavy (non-hydrogen) atoms. The van der Waals surface area contributed by atoms with Crippen molar-refractivity contribution in [1.29, 1.82) is 0 Å². The zero-order valence-electron chi connectivity index (χ0n) is 10.9. The van der Waals surface area contributed by atoms with E-state index in [1.165, 1.54) is 7.11 Å². The van der Waals surface area contributed by atoms with Gasteiger partial charge < -0.3 is 15.2 Å². The van der Waals surface area contributed by atoms with Gasteiger partial charge in [-0.1, -0.05) is 6.42 Å². The summed E-state index contributed by atoms with van der Waals surface area (Å²) < 4.78 is 4.62. The molecule has 1 rings (SSSR count). The number of hydrogen-bond acceptors (Lipinski definition) is 5. The number of carbonyl (C=O) groups is 2. The number of carboxylic acids is 1. The van der Waals surface area contributed by atoms with Crippen LogP contribution in [0.25, 0.3) is 0 Å². The first-order chi connectivity index (χ1) is 9.13. The summed E-state index contributed by atoms with van der Waals surface area (Å²) in [5.74, 6) is -0.548. The predicted octanol–water partition coefficient (Wildman–Crippen LogP) is 1.93. The van der Waals surface area contributed by atoms with Crippen LogP contribution in [0.15, 0.2) is 18.3 Å². The number of aromatic nitrogens is 1. The van der Waals surface area contributed by atoms with Crippen molar-refractivity contribution in [2.45, 2.75) is 25.7 Å². The van der Waals surface area contributed by atoms with E-state index < -0.39 is 11.9 Å². The number of methoxy groups -OCH3 is 1. The molecule has 6 nitrogen and oxygen atoms in total. The maximum absolute atomic E-state index is 11.3. The van der Waals surface area contributed by atoms with Gasteiger partial charge >= 0.3 is 11.9 Å². The molecular formula is C13H18N2O4. The Labute approximate surface area is 111 Å². The van der Waals surface area contributed by atoms with Crippen LogP contribution < -0.4 is 5.32 Å². The molecule has 1 aromatic rings. The van der Waals surface area contributed by atoms with E-state index in [2.05, 4.69) is 15.0 Å². The maximum atomic E-state index is 11.3. The lowest BCUT2D eigenvalue weighted by Gasteiger charge is -2.06. The van der Waals surface area contributed by atoms with E-state index in [1.807, 2.05) is 0 Å². The highest BCUT2D eigenvalue weighted by atomic mass is 16.5. The number of pyridine rings is 1. The monoisotopic (exact) mass is 266 g/mol. The molecule has 1 heterocycles. The van der Waals surface area contributed by atoms with Crippen LogP contribution in [-0.4, -0.2) is 35.7 Å². The Kier molecular flexibility index (Phi) is 6.35. The Morgan fingerprint density at radius 1 is 1.37 bits per heavy atom. The van der Waals surface area contributed by atoms with Gasteiger partial charge in [0.15, 0.2) is 0 Å². The van der Waals surface area contributed by atoms with E-state index in [9.17, 15) is 9.59 Å². The fraction of sp³-hybridized carbons (Fsp3) is 0.462.